The normalized spacial score (nSPS) is 12.3. The molecule has 3 rings (SSSR count). The molecule has 0 saturated heterocycles. The van der Waals surface area contributed by atoms with Crippen molar-refractivity contribution < 1.29 is 13.5 Å². The van der Waals surface area contributed by atoms with Crippen molar-refractivity contribution in [3.63, 3.8) is 0 Å². The first-order chi connectivity index (χ1) is 13.0. The van der Waals surface area contributed by atoms with Crippen LogP contribution in [0.15, 0.2) is 60.8 Å². The standard InChI is InChI=1S/C20H20ClF2N3O/c1-14(15-5-3-2-4-6-15)24-10-12-26-11-9-18(25-26)17-13-16(21)7-8-19(17)27-20(22)23/h2-9,11,13-14,20,24H,10,12H2,1H3/t14-/m1/s1. The van der Waals surface area contributed by atoms with Gasteiger partial charge in [0.25, 0.3) is 0 Å². The largest absolute Gasteiger partial charge is 0.434 e. The Morgan fingerprint density at radius 3 is 2.67 bits per heavy atom. The third kappa shape index (κ3) is 5.28. The average Bonchev–Trinajstić information content (AvgIpc) is 3.12. The second-order valence-electron chi connectivity index (χ2n) is 6.07. The Morgan fingerprint density at radius 2 is 1.93 bits per heavy atom. The van der Waals surface area contributed by atoms with E-state index in [1.165, 1.54) is 17.7 Å². The van der Waals surface area contributed by atoms with E-state index in [2.05, 4.69) is 34.2 Å². The third-order valence-corrected chi connectivity index (χ3v) is 4.40. The number of halogens is 3. The number of ether oxygens (including phenoxy) is 1. The van der Waals surface area contributed by atoms with E-state index in [0.29, 0.717) is 29.4 Å². The van der Waals surface area contributed by atoms with Crippen molar-refractivity contribution in [1.82, 2.24) is 15.1 Å². The zero-order chi connectivity index (χ0) is 19.2. The number of aromatic nitrogens is 2. The van der Waals surface area contributed by atoms with Gasteiger partial charge >= 0.3 is 6.61 Å². The van der Waals surface area contributed by atoms with E-state index in [1.807, 2.05) is 18.2 Å². The Labute approximate surface area is 161 Å². The van der Waals surface area contributed by atoms with Crippen LogP contribution in [0.5, 0.6) is 5.75 Å². The number of benzene rings is 2. The predicted octanol–water partition coefficient (Wildman–Crippen LogP) is 5.16. The van der Waals surface area contributed by atoms with Gasteiger partial charge in [0.05, 0.1) is 12.2 Å². The summed E-state index contributed by atoms with van der Waals surface area (Å²) in [7, 11) is 0. The fraction of sp³-hybridized carbons (Fsp3) is 0.250. The van der Waals surface area contributed by atoms with Crippen molar-refractivity contribution in [2.24, 2.45) is 0 Å². The maximum atomic E-state index is 12.6. The van der Waals surface area contributed by atoms with Gasteiger partial charge in [-0.2, -0.15) is 13.9 Å². The molecule has 0 spiro atoms. The lowest BCUT2D eigenvalue weighted by Gasteiger charge is -2.14. The molecule has 2 aromatic carbocycles. The molecule has 7 heteroatoms. The summed E-state index contributed by atoms with van der Waals surface area (Å²) in [4.78, 5) is 0. The number of hydrogen-bond acceptors (Lipinski definition) is 3. The van der Waals surface area contributed by atoms with Crippen LogP contribution in [0.1, 0.15) is 18.5 Å². The molecule has 0 aliphatic carbocycles. The maximum absolute atomic E-state index is 12.6. The van der Waals surface area contributed by atoms with Crippen LogP contribution >= 0.6 is 11.6 Å². The van der Waals surface area contributed by atoms with Crippen molar-refractivity contribution in [2.45, 2.75) is 26.1 Å². The summed E-state index contributed by atoms with van der Waals surface area (Å²) in [5.74, 6) is 0.0514. The highest BCUT2D eigenvalue weighted by Crippen LogP contribution is 2.32. The molecule has 1 heterocycles. The molecule has 27 heavy (non-hydrogen) atoms. The van der Waals surface area contributed by atoms with Gasteiger partial charge in [-0.15, -0.1) is 0 Å². The zero-order valence-corrected chi connectivity index (χ0v) is 15.5. The highest BCUT2D eigenvalue weighted by molar-refractivity contribution is 6.30. The average molecular weight is 392 g/mol. The Bertz CT molecular complexity index is 871. The van der Waals surface area contributed by atoms with E-state index in [0.717, 1.165) is 0 Å². The van der Waals surface area contributed by atoms with Gasteiger partial charge in [-0.25, -0.2) is 0 Å². The van der Waals surface area contributed by atoms with E-state index in [-0.39, 0.29) is 11.8 Å². The highest BCUT2D eigenvalue weighted by atomic mass is 35.5. The molecule has 0 aliphatic heterocycles. The van der Waals surface area contributed by atoms with Crippen molar-refractivity contribution in [3.05, 3.63) is 71.4 Å². The molecule has 1 aromatic heterocycles. The fourth-order valence-corrected chi connectivity index (χ4v) is 2.96. The lowest BCUT2D eigenvalue weighted by atomic mass is 10.1. The first-order valence-corrected chi connectivity index (χ1v) is 8.97. The van der Waals surface area contributed by atoms with Gasteiger partial charge in [-0.1, -0.05) is 41.9 Å². The minimum Gasteiger partial charge on any atom is -0.434 e. The number of rotatable bonds is 8. The second-order valence-corrected chi connectivity index (χ2v) is 6.51. The molecule has 0 aliphatic rings. The van der Waals surface area contributed by atoms with Gasteiger partial charge in [0.2, 0.25) is 0 Å². The number of alkyl halides is 2. The van der Waals surface area contributed by atoms with Crippen LogP contribution in [0.3, 0.4) is 0 Å². The minimum absolute atomic E-state index is 0.0514. The molecule has 0 fully saturated rings. The Balaban J connectivity index is 1.64. The molecule has 0 saturated carbocycles. The minimum atomic E-state index is -2.91. The van der Waals surface area contributed by atoms with Crippen LogP contribution in [0.25, 0.3) is 11.3 Å². The summed E-state index contributed by atoms with van der Waals surface area (Å²) in [6.45, 7) is 0.551. The molecule has 4 nitrogen and oxygen atoms in total. The highest BCUT2D eigenvalue weighted by Gasteiger charge is 2.14. The molecule has 0 radical (unpaired) electrons. The summed E-state index contributed by atoms with van der Waals surface area (Å²) in [5, 5.41) is 8.32. The molecule has 3 aromatic rings. The van der Waals surface area contributed by atoms with E-state index in [9.17, 15) is 8.78 Å². The van der Waals surface area contributed by atoms with Gasteiger partial charge in [-0.3, -0.25) is 4.68 Å². The third-order valence-electron chi connectivity index (χ3n) is 4.17. The Hall–Kier alpha value is -2.44. The first-order valence-electron chi connectivity index (χ1n) is 8.59. The Kier molecular flexibility index (Phi) is 6.42. The lowest BCUT2D eigenvalue weighted by Crippen LogP contribution is -2.23. The molecule has 0 unspecified atom stereocenters. The van der Waals surface area contributed by atoms with Crippen molar-refractivity contribution in [3.8, 4) is 17.0 Å². The predicted molar refractivity (Wildman–Crippen MR) is 102 cm³/mol. The molecular weight excluding hydrogens is 372 g/mol. The van der Waals surface area contributed by atoms with E-state index in [1.54, 1.807) is 23.0 Å². The lowest BCUT2D eigenvalue weighted by molar-refractivity contribution is -0.0494. The van der Waals surface area contributed by atoms with Gasteiger partial charge in [0, 0.05) is 29.4 Å². The molecule has 142 valence electrons. The summed E-state index contributed by atoms with van der Waals surface area (Å²) in [6.07, 6.45) is 1.80. The van der Waals surface area contributed by atoms with Crippen molar-refractivity contribution in [2.75, 3.05) is 6.54 Å². The van der Waals surface area contributed by atoms with Crippen LogP contribution in [-0.2, 0) is 6.54 Å². The number of nitrogens with zero attached hydrogens (tertiary/aromatic N) is 2. The molecule has 0 bridgehead atoms. The summed E-state index contributed by atoms with van der Waals surface area (Å²) in [5.41, 5.74) is 2.18. The maximum Gasteiger partial charge on any atom is 0.387 e. The second kappa shape index (κ2) is 8.97. The van der Waals surface area contributed by atoms with Gasteiger partial charge in [0.1, 0.15) is 5.75 Å². The first kappa shape index (κ1) is 19.3. The molecule has 1 N–H and O–H groups in total. The van der Waals surface area contributed by atoms with Gasteiger partial charge in [0.15, 0.2) is 0 Å². The van der Waals surface area contributed by atoms with Crippen LogP contribution in [-0.4, -0.2) is 22.9 Å². The Morgan fingerprint density at radius 1 is 1.15 bits per heavy atom. The molecular formula is C20H20ClF2N3O. The smallest absolute Gasteiger partial charge is 0.387 e. The van der Waals surface area contributed by atoms with Crippen LogP contribution < -0.4 is 10.1 Å². The summed E-state index contributed by atoms with van der Waals surface area (Å²) >= 11 is 6.00. The van der Waals surface area contributed by atoms with Crippen LogP contribution in [0.4, 0.5) is 8.78 Å². The van der Waals surface area contributed by atoms with E-state index >= 15 is 0 Å². The van der Waals surface area contributed by atoms with Gasteiger partial charge < -0.3 is 10.1 Å². The molecule has 0 amide bonds. The van der Waals surface area contributed by atoms with Crippen LogP contribution in [0, 0.1) is 0 Å². The van der Waals surface area contributed by atoms with Crippen LogP contribution in [0.2, 0.25) is 5.02 Å². The summed E-state index contributed by atoms with van der Waals surface area (Å²) in [6, 6.07) is 16.6. The fourth-order valence-electron chi connectivity index (χ4n) is 2.79. The SMILES string of the molecule is C[C@@H](NCCn1ccc(-c2cc(Cl)ccc2OC(F)F)n1)c1ccccc1. The van der Waals surface area contributed by atoms with E-state index in [4.69, 9.17) is 11.6 Å². The van der Waals surface area contributed by atoms with Crippen molar-refractivity contribution >= 4 is 11.6 Å². The summed E-state index contributed by atoms with van der Waals surface area (Å²) < 4.78 is 31.6. The zero-order valence-electron chi connectivity index (χ0n) is 14.8. The van der Waals surface area contributed by atoms with E-state index < -0.39 is 6.61 Å². The monoisotopic (exact) mass is 391 g/mol. The van der Waals surface area contributed by atoms with Gasteiger partial charge in [-0.05, 0) is 36.8 Å². The topological polar surface area (TPSA) is 39.1 Å². The number of nitrogens with one attached hydrogen (secondary N) is 1. The number of hydrogen-bond donors (Lipinski definition) is 1. The quantitative estimate of drug-likeness (QED) is 0.576. The molecule has 1 atom stereocenters. The van der Waals surface area contributed by atoms with Crippen molar-refractivity contribution in [1.29, 1.82) is 0 Å².